The number of rotatable bonds is 21. The summed E-state index contributed by atoms with van der Waals surface area (Å²) in [5.74, 6) is -5.10. The van der Waals surface area contributed by atoms with E-state index in [9.17, 15) is 40.0 Å². The number of guanidine groups is 1. The summed E-state index contributed by atoms with van der Waals surface area (Å²) in [6.07, 6.45) is 0.914. The fourth-order valence-electron chi connectivity index (χ4n) is 6.87. The van der Waals surface area contributed by atoms with Crippen molar-refractivity contribution in [2.24, 2.45) is 10.7 Å². The average Bonchev–Trinajstić information content (AvgIpc) is 3.79. The molecule has 340 valence electrons. The summed E-state index contributed by atoms with van der Waals surface area (Å²) >= 11 is 1.02. The Morgan fingerprint density at radius 1 is 0.797 bits per heavy atom. The molecule has 5 aromatic rings. The molecule has 0 aliphatic rings. The number of aliphatic imine (C=N–C) groups is 1. The van der Waals surface area contributed by atoms with Crippen LogP contribution in [0.25, 0.3) is 0 Å². The molecule has 4 aromatic carbocycles. The number of nitrogens with two attached hydrogens (primary N) is 1. The number of thiazole rings is 1. The van der Waals surface area contributed by atoms with E-state index in [1.165, 1.54) is 19.4 Å². The molecule has 1 heterocycles. The van der Waals surface area contributed by atoms with E-state index in [0.717, 1.165) is 23.5 Å². The van der Waals surface area contributed by atoms with Crippen molar-refractivity contribution in [2.75, 3.05) is 13.7 Å². The van der Waals surface area contributed by atoms with Crippen LogP contribution in [0, 0.1) is 32.4 Å². The van der Waals surface area contributed by atoms with Crippen molar-refractivity contribution in [1.82, 2.24) is 25.1 Å². The zero-order valence-electron chi connectivity index (χ0n) is 35.4. The molecule has 1 aromatic heterocycles. The van der Waals surface area contributed by atoms with Gasteiger partial charge in [-0.25, -0.2) is 40.0 Å². The molecule has 6 N–H and O–H groups in total. The number of sulfonamides is 2. The van der Waals surface area contributed by atoms with Crippen LogP contribution in [0.3, 0.4) is 0 Å². The molecular formula is C44H49F2N7O8S3. The minimum atomic E-state index is -4.18. The van der Waals surface area contributed by atoms with E-state index in [1.54, 1.807) is 92.9 Å². The highest BCUT2D eigenvalue weighted by Crippen LogP contribution is 2.30. The summed E-state index contributed by atoms with van der Waals surface area (Å²) in [6.45, 7) is 4.90. The van der Waals surface area contributed by atoms with Crippen molar-refractivity contribution in [3.8, 4) is 5.75 Å². The number of ether oxygens (including phenoxy) is 1. The second-order valence-electron chi connectivity index (χ2n) is 14.9. The van der Waals surface area contributed by atoms with Crippen LogP contribution in [0.15, 0.2) is 106 Å². The van der Waals surface area contributed by atoms with E-state index in [2.05, 4.69) is 30.1 Å². The topological polar surface area (TPSA) is 228 Å². The Morgan fingerprint density at radius 2 is 1.42 bits per heavy atom. The minimum absolute atomic E-state index is 0.0155. The average molecular weight is 938 g/mol. The SMILES string of the molecule is COc1cc(C)c(S(=O)(=O)NC(N)=NCCC[C@H](NC(=O)[C@H](Cc2ccc(F)c(F)c2)NC(=O)[C@@H](Cc2ccccc2)NS(=O)(=O)Cc2ccccc2)C(=O)c2nccs2)c(C)c1C. The molecule has 3 atom stereocenters. The number of amides is 2. The Morgan fingerprint density at radius 3 is 2.05 bits per heavy atom. The molecule has 0 aliphatic carbocycles. The molecule has 5 rings (SSSR count). The van der Waals surface area contributed by atoms with Crippen molar-refractivity contribution in [3.63, 3.8) is 0 Å². The van der Waals surface area contributed by atoms with Gasteiger partial charge in [0.1, 0.15) is 17.8 Å². The number of Topliss-reactive ketones (excluding diaryl/α,β-unsaturated/α-hetero) is 1. The molecule has 0 radical (unpaired) electrons. The molecule has 0 fully saturated rings. The Hall–Kier alpha value is -6.09. The smallest absolute Gasteiger partial charge is 0.264 e. The number of hydrogen-bond acceptors (Lipinski definition) is 11. The van der Waals surface area contributed by atoms with Crippen molar-refractivity contribution in [2.45, 2.75) is 75.2 Å². The molecule has 0 spiro atoms. The predicted octanol–water partition coefficient (Wildman–Crippen LogP) is 4.55. The Balaban J connectivity index is 1.37. The zero-order valence-corrected chi connectivity index (χ0v) is 37.9. The molecule has 2 amide bonds. The first-order chi connectivity index (χ1) is 30.4. The fraction of sp³-hybridized carbons (Fsp3) is 0.295. The van der Waals surface area contributed by atoms with Gasteiger partial charge in [-0.3, -0.25) is 19.4 Å². The van der Waals surface area contributed by atoms with Gasteiger partial charge in [-0.05, 0) is 91.6 Å². The van der Waals surface area contributed by atoms with Crippen molar-refractivity contribution in [1.29, 1.82) is 0 Å². The third-order valence-corrected chi connectivity index (χ3v) is 13.9. The normalized spacial score (nSPS) is 13.4. The van der Waals surface area contributed by atoms with Crippen molar-refractivity contribution < 1.29 is 44.7 Å². The van der Waals surface area contributed by atoms with E-state index in [-0.39, 0.29) is 41.3 Å². The van der Waals surface area contributed by atoms with Crippen molar-refractivity contribution >= 4 is 54.9 Å². The maximum atomic E-state index is 14.4. The lowest BCUT2D eigenvalue weighted by Gasteiger charge is -2.25. The highest BCUT2D eigenvalue weighted by atomic mass is 32.2. The number of benzene rings is 4. The molecule has 0 saturated carbocycles. The van der Waals surface area contributed by atoms with Crippen LogP contribution in [-0.2, 0) is 48.2 Å². The lowest BCUT2D eigenvalue weighted by Crippen LogP contribution is -2.57. The third kappa shape index (κ3) is 13.5. The molecular weight excluding hydrogens is 889 g/mol. The van der Waals surface area contributed by atoms with Gasteiger partial charge >= 0.3 is 0 Å². The van der Waals surface area contributed by atoms with E-state index in [4.69, 9.17) is 10.5 Å². The maximum absolute atomic E-state index is 14.4. The quantitative estimate of drug-likeness (QED) is 0.0298. The first-order valence-electron chi connectivity index (χ1n) is 19.9. The van der Waals surface area contributed by atoms with Crippen LogP contribution in [-0.4, -0.2) is 77.2 Å². The van der Waals surface area contributed by atoms with Crippen LogP contribution in [0.4, 0.5) is 8.78 Å². The first-order valence-corrected chi connectivity index (χ1v) is 23.9. The molecule has 0 saturated heterocycles. The van der Waals surface area contributed by atoms with Gasteiger partial charge in [0, 0.05) is 24.5 Å². The molecule has 64 heavy (non-hydrogen) atoms. The lowest BCUT2D eigenvalue weighted by atomic mass is 10.0. The van der Waals surface area contributed by atoms with Gasteiger partial charge in [-0.1, -0.05) is 66.7 Å². The van der Waals surface area contributed by atoms with Gasteiger partial charge in [-0.15, -0.1) is 11.3 Å². The van der Waals surface area contributed by atoms with Crippen LogP contribution in [0.5, 0.6) is 5.75 Å². The second kappa shape index (κ2) is 22.0. The summed E-state index contributed by atoms with van der Waals surface area (Å²) in [5.41, 5.74) is 8.69. The summed E-state index contributed by atoms with van der Waals surface area (Å²) in [6, 6.07) is 17.2. The number of methoxy groups -OCH3 is 1. The fourth-order valence-corrected chi connectivity index (χ4v) is 10.3. The number of aromatic nitrogens is 1. The van der Waals surface area contributed by atoms with Crippen LogP contribution in [0.2, 0.25) is 0 Å². The van der Waals surface area contributed by atoms with Crippen LogP contribution >= 0.6 is 11.3 Å². The number of halogens is 2. The molecule has 0 bridgehead atoms. The third-order valence-electron chi connectivity index (χ3n) is 10.1. The standard InChI is InChI=1S/C44H49F2N7O8S3/c1-27-22-38(61-4)28(2)29(3)40(27)64(59,60)53-44(47)49-19-11-16-35(39(54)43-48-20-21-62-43)50-41(55)36(25-32-17-18-33(45)34(46)23-32)51-42(56)37(24-30-12-7-5-8-13-30)52-63(57,58)26-31-14-9-6-10-15-31/h5-10,12-15,17-18,20-23,35-37,52H,11,16,19,24-26H2,1-4H3,(H,50,55)(H,51,56)(H3,47,49,53)/t35-,36-,37+/m0/s1. The summed E-state index contributed by atoms with van der Waals surface area (Å²) < 4.78 is 92.1. The Bertz CT molecular complexity index is 2690. The number of aryl methyl sites for hydroxylation is 1. The number of nitrogens with one attached hydrogen (secondary N) is 4. The number of nitrogens with zero attached hydrogens (tertiary/aromatic N) is 2. The number of carbonyl (C=O) groups is 3. The summed E-state index contributed by atoms with van der Waals surface area (Å²) in [4.78, 5) is 50.4. The van der Waals surface area contributed by atoms with E-state index in [0.29, 0.717) is 33.6 Å². The largest absolute Gasteiger partial charge is 0.496 e. The maximum Gasteiger partial charge on any atom is 0.264 e. The Kier molecular flexibility index (Phi) is 16.8. The molecule has 15 nitrogen and oxygen atoms in total. The van der Waals surface area contributed by atoms with Gasteiger partial charge in [0.25, 0.3) is 10.0 Å². The number of hydrogen-bond donors (Lipinski definition) is 5. The number of ketones is 1. The highest BCUT2D eigenvalue weighted by Gasteiger charge is 2.32. The molecule has 0 unspecified atom stereocenters. The minimum Gasteiger partial charge on any atom is -0.496 e. The second-order valence-corrected chi connectivity index (χ2v) is 19.1. The molecule has 20 heteroatoms. The van der Waals surface area contributed by atoms with E-state index >= 15 is 0 Å². The summed E-state index contributed by atoms with van der Waals surface area (Å²) in [5, 5.41) is 6.87. The monoisotopic (exact) mass is 937 g/mol. The van der Waals surface area contributed by atoms with Gasteiger partial charge < -0.3 is 21.1 Å². The molecule has 0 aliphatic heterocycles. The van der Waals surface area contributed by atoms with Crippen LogP contribution in [0.1, 0.15) is 56.0 Å². The van der Waals surface area contributed by atoms with E-state index in [1.807, 2.05) is 0 Å². The van der Waals surface area contributed by atoms with Crippen LogP contribution < -0.4 is 30.5 Å². The van der Waals surface area contributed by atoms with Gasteiger partial charge in [0.2, 0.25) is 33.6 Å². The Labute approximate surface area is 375 Å². The van der Waals surface area contributed by atoms with E-state index < -0.39 is 85.5 Å². The highest BCUT2D eigenvalue weighted by molar-refractivity contribution is 7.90. The van der Waals surface area contributed by atoms with Crippen molar-refractivity contribution in [3.05, 3.63) is 147 Å². The van der Waals surface area contributed by atoms with Gasteiger partial charge in [-0.2, -0.15) is 0 Å². The summed E-state index contributed by atoms with van der Waals surface area (Å²) in [7, 11) is -6.84. The first kappa shape index (κ1) is 48.9. The predicted molar refractivity (Wildman–Crippen MR) is 240 cm³/mol. The lowest BCUT2D eigenvalue weighted by molar-refractivity contribution is -0.130. The zero-order chi connectivity index (χ0) is 46.6. The van der Waals surface area contributed by atoms with Gasteiger partial charge in [0.05, 0.1) is 23.8 Å². The number of carbonyl (C=O) groups excluding carboxylic acids is 3. The van der Waals surface area contributed by atoms with Gasteiger partial charge in [0.15, 0.2) is 16.6 Å².